The van der Waals surface area contributed by atoms with Crippen LogP contribution in [-0.4, -0.2) is 50.9 Å². The van der Waals surface area contributed by atoms with E-state index in [1.54, 1.807) is 6.07 Å². The lowest BCUT2D eigenvalue weighted by atomic mass is 10.0. The molecule has 0 atom stereocenters. The zero-order chi connectivity index (χ0) is 28.5. The van der Waals surface area contributed by atoms with Crippen LogP contribution in [0.2, 0.25) is 0 Å². The number of carbonyl (C=O) groups is 2. The van der Waals surface area contributed by atoms with Gasteiger partial charge in [-0.2, -0.15) is 0 Å². The predicted octanol–water partition coefficient (Wildman–Crippen LogP) is 6.26. The highest BCUT2D eigenvalue weighted by Crippen LogP contribution is 2.28. The smallest absolute Gasteiger partial charge is 0.338 e. The number of hydrogen-bond acceptors (Lipinski definition) is 6. The Morgan fingerprint density at radius 2 is 1.65 bits per heavy atom. The van der Waals surface area contributed by atoms with Crippen LogP contribution >= 0.6 is 0 Å². The summed E-state index contributed by atoms with van der Waals surface area (Å²) in [5.74, 6) is -1.22. The van der Waals surface area contributed by atoms with Gasteiger partial charge in [0.2, 0.25) is 5.78 Å². The largest absolute Gasteiger partial charge is 0.493 e. The van der Waals surface area contributed by atoms with Crippen molar-refractivity contribution < 1.29 is 19.4 Å². The van der Waals surface area contributed by atoms with Gasteiger partial charge in [0, 0.05) is 60.7 Å². The molecule has 204 valence electrons. The van der Waals surface area contributed by atoms with Gasteiger partial charge in [-0.3, -0.25) is 14.8 Å². The molecule has 5 rings (SSSR count). The van der Waals surface area contributed by atoms with Crippen molar-refractivity contribution in [3.63, 3.8) is 0 Å². The Balaban J connectivity index is 0.000000208. The number of carbonyl (C=O) groups excluding carboxylic acids is 1. The highest BCUT2D eigenvalue weighted by molar-refractivity contribution is 6.14. The molecular formula is C32H32N4O4. The molecule has 0 aliphatic heterocycles. The molecule has 4 aromatic heterocycles. The first-order valence-corrected chi connectivity index (χ1v) is 13.2. The zero-order valence-corrected chi connectivity index (χ0v) is 22.8. The number of hydrogen-bond donors (Lipinski definition) is 1. The molecule has 0 fully saturated rings. The average Bonchev–Trinajstić information content (AvgIpc) is 3.43. The van der Waals surface area contributed by atoms with E-state index in [1.165, 1.54) is 23.8 Å². The van der Waals surface area contributed by atoms with Crippen LogP contribution in [0.15, 0.2) is 97.6 Å². The molecule has 8 heteroatoms. The maximum absolute atomic E-state index is 12.9. The van der Waals surface area contributed by atoms with Gasteiger partial charge in [-0.05, 0) is 75.4 Å². The summed E-state index contributed by atoms with van der Waals surface area (Å²) in [6.07, 6.45) is 7.36. The van der Waals surface area contributed by atoms with E-state index in [0.29, 0.717) is 17.9 Å². The van der Waals surface area contributed by atoms with Crippen molar-refractivity contribution in [3.8, 4) is 17.0 Å². The number of carboxylic acids is 1. The van der Waals surface area contributed by atoms with Gasteiger partial charge in [0.15, 0.2) is 0 Å². The molecule has 0 unspecified atom stereocenters. The van der Waals surface area contributed by atoms with E-state index in [4.69, 9.17) is 4.74 Å². The van der Waals surface area contributed by atoms with Crippen molar-refractivity contribution in [2.45, 2.75) is 20.8 Å². The normalized spacial score (nSPS) is 10.5. The topological polar surface area (TPSA) is 97.0 Å². The van der Waals surface area contributed by atoms with E-state index < -0.39 is 11.8 Å². The van der Waals surface area contributed by atoms with Gasteiger partial charge in [0.05, 0.1) is 23.4 Å². The number of aromatic nitrogens is 3. The number of benzene rings is 1. The molecule has 0 amide bonds. The highest BCUT2D eigenvalue weighted by atomic mass is 16.5. The van der Waals surface area contributed by atoms with Gasteiger partial charge in [0.25, 0.3) is 0 Å². The van der Waals surface area contributed by atoms with Crippen LogP contribution in [0.1, 0.15) is 47.2 Å². The summed E-state index contributed by atoms with van der Waals surface area (Å²) in [5, 5.41) is 9.28. The first-order valence-electron chi connectivity index (χ1n) is 13.2. The number of aromatic carboxylic acids is 1. The molecule has 1 N–H and O–H groups in total. The van der Waals surface area contributed by atoms with Crippen LogP contribution in [0, 0.1) is 0 Å². The number of ketones is 1. The van der Waals surface area contributed by atoms with Crippen LogP contribution in [0.25, 0.3) is 16.8 Å². The molecule has 0 saturated carbocycles. The van der Waals surface area contributed by atoms with Crippen molar-refractivity contribution in [2.24, 2.45) is 0 Å². The second-order valence-electron chi connectivity index (χ2n) is 8.80. The fourth-order valence-corrected chi connectivity index (χ4v) is 4.37. The van der Waals surface area contributed by atoms with Crippen LogP contribution in [0.3, 0.4) is 0 Å². The molecule has 0 radical (unpaired) electrons. The Labute approximate surface area is 233 Å². The van der Waals surface area contributed by atoms with Crippen LogP contribution in [0.5, 0.6) is 5.75 Å². The van der Waals surface area contributed by atoms with E-state index in [0.717, 1.165) is 30.0 Å². The number of fused-ring (bicyclic) bond motifs is 1. The zero-order valence-electron chi connectivity index (χ0n) is 22.8. The molecule has 0 saturated heterocycles. The fraction of sp³-hybridized carbons (Fsp3) is 0.188. The monoisotopic (exact) mass is 536 g/mol. The maximum Gasteiger partial charge on any atom is 0.338 e. The summed E-state index contributed by atoms with van der Waals surface area (Å²) >= 11 is 0. The molecule has 5 aromatic rings. The van der Waals surface area contributed by atoms with Crippen molar-refractivity contribution >= 4 is 23.0 Å². The van der Waals surface area contributed by atoms with Crippen molar-refractivity contribution in [2.75, 3.05) is 24.6 Å². The molecule has 0 aliphatic rings. The molecule has 8 nitrogen and oxygen atoms in total. The van der Waals surface area contributed by atoms with E-state index in [2.05, 4.69) is 51.4 Å². The first kappa shape index (κ1) is 28.0. The standard InChI is InChI=1S/C19H22N2O4.C13H10N2/c1-4-21(5-2)13-9-10-14(16(12-13)25-6-3)18(22)17-15(19(23)24)8-7-11-20-17;1-3-7-14-13(6-1)11-9-12-5-2-4-8-15(12)10-11/h7-12H,4-6H2,1-3H3,(H,23,24);1-10H. The van der Waals surface area contributed by atoms with Crippen LogP contribution in [0.4, 0.5) is 5.69 Å². The number of rotatable bonds is 9. The molecule has 0 aliphatic carbocycles. The van der Waals surface area contributed by atoms with Crippen LogP contribution in [-0.2, 0) is 0 Å². The van der Waals surface area contributed by atoms with Gasteiger partial charge < -0.3 is 19.1 Å². The summed E-state index contributed by atoms with van der Waals surface area (Å²) in [4.78, 5) is 34.7. The third-order valence-corrected chi connectivity index (χ3v) is 6.36. The number of pyridine rings is 3. The summed E-state index contributed by atoms with van der Waals surface area (Å²) in [5.41, 5.74) is 4.40. The van der Waals surface area contributed by atoms with Crippen LogP contribution < -0.4 is 9.64 Å². The van der Waals surface area contributed by atoms with Gasteiger partial charge in [-0.25, -0.2) is 4.79 Å². The predicted molar refractivity (Wildman–Crippen MR) is 156 cm³/mol. The number of anilines is 1. The Hall–Kier alpha value is -4.98. The molecule has 4 heterocycles. The lowest BCUT2D eigenvalue weighted by Gasteiger charge is -2.22. The Bertz CT molecular complexity index is 1560. The molecular weight excluding hydrogens is 504 g/mol. The number of ether oxygens (including phenoxy) is 1. The van der Waals surface area contributed by atoms with Gasteiger partial charge >= 0.3 is 5.97 Å². The Morgan fingerprint density at radius 1 is 0.875 bits per heavy atom. The van der Waals surface area contributed by atoms with Crippen molar-refractivity contribution in [3.05, 3.63) is 114 Å². The second kappa shape index (κ2) is 13.2. The third kappa shape index (κ3) is 6.35. The van der Waals surface area contributed by atoms with E-state index in [1.807, 2.05) is 61.8 Å². The summed E-state index contributed by atoms with van der Waals surface area (Å²) in [6, 6.07) is 22.4. The Morgan fingerprint density at radius 3 is 2.33 bits per heavy atom. The molecule has 40 heavy (non-hydrogen) atoms. The Kier molecular flexibility index (Phi) is 9.25. The minimum absolute atomic E-state index is 0.0912. The lowest BCUT2D eigenvalue weighted by Crippen LogP contribution is -2.22. The summed E-state index contributed by atoms with van der Waals surface area (Å²) in [6.45, 7) is 8.00. The van der Waals surface area contributed by atoms with E-state index in [9.17, 15) is 14.7 Å². The lowest BCUT2D eigenvalue weighted by molar-refractivity contribution is 0.0692. The maximum atomic E-state index is 12.9. The van der Waals surface area contributed by atoms with Gasteiger partial charge in [-0.15, -0.1) is 0 Å². The quantitative estimate of drug-likeness (QED) is 0.222. The fourth-order valence-electron chi connectivity index (χ4n) is 4.37. The molecule has 0 bridgehead atoms. The van der Waals surface area contributed by atoms with Gasteiger partial charge in [-0.1, -0.05) is 12.1 Å². The SMILES string of the molecule is CCOc1cc(N(CC)CC)ccc1C(=O)c1ncccc1C(=O)O.c1ccc(-c2cc3ccccn3c2)nc1. The molecule has 1 aromatic carbocycles. The summed E-state index contributed by atoms with van der Waals surface area (Å²) in [7, 11) is 0. The van der Waals surface area contributed by atoms with Crippen molar-refractivity contribution in [1.82, 2.24) is 14.4 Å². The minimum atomic E-state index is -1.19. The van der Waals surface area contributed by atoms with E-state index >= 15 is 0 Å². The third-order valence-electron chi connectivity index (χ3n) is 6.36. The first-order chi connectivity index (χ1) is 19.5. The van der Waals surface area contributed by atoms with E-state index in [-0.39, 0.29) is 11.3 Å². The number of carboxylic acid groups (broad SMARTS) is 1. The second-order valence-corrected chi connectivity index (χ2v) is 8.80. The minimum Gasteiger partial charge on any atom is -0.493 e. The van der Waals surface area contributed by atoms with Crippen molar-refractivity contribution in [1.29, 1.82) is 0 Å². The van der Waals surface area contributed by atoms with Gasteiger partial charge in [0.1, 0.15) is 11.4 Å². The summed E-state index contributed by atoms with van der Waals surface area (Å²) < 4.78 is 7.74. The highest BCUT2D eigenvalue weighted by Gasteiger charge is 2.23. The number of nitrogens with zero attached hydrogens (tertiary/aromatic N) is 4. The molecule has 0 spiro atoms. The average molecular weight is 537 g/mol.